The zero-order valence-electron chi connectivity index (χ0n) is 20.9. The molecule has 4 rings (SSSR count). The highest BCUT2D eigenvalue weighted by Gasteiger charge is 2.35. The van der Waals surface area contributed by atoms with Crippen molar-refractivity contribution in [2.24, 2.45) is 0 Å². The summed E-state index contributed by atoms with van der Waals surface area (Å²) >= 11 is 11.3. The molecule has 2 aromatic carbocycles. The second-order valence-corrected chi connectivity index (χ2v) is 10.6. The highest BCUT2D eigenvalue weighted by Crippen LogP contribution is 2.38. The van der Waals surface area contributed by atoms with E-state index in [9.17, 15) is 26.3 Å². The van der Waals surface area contributed by atoms with Crippen molar-refractivity contribution in [2.45, 2.75) is 50.2 Å². The predicted octanol–water partition coefficient (Wildman–Crippen LogP) is 6.85. The molecule has 5 nitrogen and oxygen atoms in total. The van der Waals surface area contributed by atoms with Crippen LogP contribution < -0.4 is 16.0 Å². The van der Waals surface area contributed by atoms with Gasteiger partial charge in [-0.1, -0.05) is 23.8 Å². The van der Waals surface area contributed by atoms with Gasteiger partial charge in [-0.05, 0) is 62.1 Å². The van der Waals surface area contributed by atoms with Crippen LogP contribution in [-0.2, 0) is 17.1 Å². The van der Waals surface area contributed by atoms with E-state index >= 15 is 0 Å². The van der Waals surface area contributed by atoms with Crippen LogP contribution in [0.5, 0.6) is 0 Å². The third-order valence-corrected chi connectivity index (χ3v) is 7.80. The molecule has 1 aliphatic heterocycles. The molecule has 1 heterocycles. The number of anilines is 3. The number of halogens is 7. The maximum atomic E-state index is 13.2. The molecular weight excluding hydrogens is 566 g/mol. The fourth-order valence-electron chi connectivity index (χ4n) is 4.92. The summed E-state index contributed by atoms with van der Waals surface area (Å²) in [6, 6.07) is 7.81. The molecule has 1 saturated carbocycles. The normalized spacial score (nSPS) is 20.7. The number of nitrogens with one attached hydrogen (secondary N) is 1. The van der Waals surface area contributed by atoms with Crippen LogP contribution in [-0.4, -0.2) is 54.8 Å². The number of nitrogen functional groups attached to an aromatic ring is 1. The summed E-state index contributed by atoms with van der Waals surface area (Å²) in [7, 11) is 0. The number of thiocarbonyl (C=S) groups is 1. The quantitative estimate of drug-likeness (QED) is 0.217. The third-order valence-electron chi connectivity index (χ3n) is 7.10. The van der Waals surface area contributed by atoms with Crippen LogP contribution in [0.25, 0.3) is 0 Å². The molecule has 0 bridgehead atoms. The summed E-state index contributed by atoms with van der Waals surface area (Å²) in [5, 5.41) is 2.85. The van der Waals surface area contributed by atoms with Crippen molar-refractivity contribution < 1.29 is 31.1 Å². The number of nitrogens with two attached hydrogens (primary N) is 1. The van der Waals surface area contributed by atoms with Gasteiger partial charge in [0, 0.05) is 49.3 Å². The van der Waals surface area contributed by atoms with E-state index in [4.69, 9.17) is 34.3 Å². The molecule has 1 saturated heterocycles. The van der Waals surface area contributed by atoms with E-state index < -0.39 is 23.5 Å². The number of piperazine rings is 1. The van der Waals surface area contributed by atoms with Crippen molar-refractivity contribution in [1.82, 2.24) is 4.90 Å². The fourth-order valence-corrected chi connectivity index (χ4v) is 5.40. The van der Waals surface area contributed by atoms with E-state index in [1.807, 2.05) is 9.80 Å². The fraction of sp³-hybridized carbons (Fsp3) is 0.500. The third kappa shape index (κ3) is 7.61. The summed E-state index contributed by atoms with van der Waals surface area (Å²) in [6.07, 6.45) is -6.07. The smallest absolute Gasteiger partial charge is 0.398 e. The van der Waals surface area contributed by atoms with E-state index in [1.165, 1.54) is 12.1 Å². The van der Waals surface area contributed by atoms with Gasteiger partial charge in [-0.2, -0.15) is 26.3 Å². The van der Waals surface area contributed by atoms with Crippen LogP contribution in [0.3, 0.4) is 0 Å². The minimum absolute atomic E-state index is 0.00528. The Morgan fingerprint density at radius 2 is 1.56 bits per heavy atom. The Morgan fingerprint density at radius 3 is 2.18 bits per heavy atom. The first-order valence-corrected chi connectivity index (χ1v) is 13.3. The van der Waals surface area contributed by atoms with Crippen molar-refractivity contribution in [3.05, 3.63) is 52.5 Å². The number of hydrogen-bond acceptors (Lipinski definition) is 5. The van der Waals surface area contributed by atoms with Gasteiger partial charge in [-0.15, -0.1) is 0 Å². The van der Waals surface area contributed by atoms with Gasteiger partial charge in [0.1, 0.15) is 4.99 Å². The van der Waals surface area contributed by atoms with E-state index in [2.05, 4.69) is 5.32 Å². The Kier molecular flexibility index (Phi) is 9.07. The number of rotatable bonds is 6. The Balaban J connectivity index is 1.20. The summed E-state index contributed by atoms with van der Waals surface area (Å²) < 4.78 is 85.0. The Bertz CT molecular complexity index is 1160. The zero-order valence-corrected chi connectivity index (χ0v) is 22.5. The lowest BCUT2D eigenvalue weighted by atomic mass is 9.92. The first-order valence-electron chi connectivity index (χ1n) is 12.6. The molecule has 13 heteroatoms. The molecule has 0 spiro atoms. The predicted molar refractivity (Wildman–Crippen MR) is 144 cm³/mol. The maximum Gasteiger partial charge on any atom is 0.418 e. The SMILES string of the molecule is Nc1ccc(NC2CCC(OCC(=S)N3CCN(c4ccc(Cl)c(C(F)(F)F)c4)CC3)CC2)cc1C(F)(F)F. The summed E-state index contributed by atoms with van der Waals surface area (Å²) in [4.78, 5) is 4.51. The second kappa shape index (κ2) is 12.0. The molecule has 2 aromatic rings. The number of ether oxygens (including phenoxy) is 1. The van der Waals surface area contributed by atoms with Gasteiger partial charge in [-0.25, -0.2) is 0 Å². The molecule has 1 aliphatic carbocycles. The van der Waals surface area contributed by atoms with Crippen molar-refractivity contribution >= 4 is 45.9 Å². The average Bonchev–Trinajstić information content (AvgIpc) is 2.88. The van der Waals surface area contributed by atoms with Gasteiger partial charge < -0.3 is 25.6 Å². The van der Waals surface area contributed by atoms with E-state index in [1.54, 1.807) is 12.1 Å². The van der Waals surface area contributed by atoms with E-state index in [0.29, 0.717) is 42.5 Å². The van der Waals surface area contributed by atoms with Crippen LogP contribution >= 0.6 is 23.8 Å². The molecular formula is C26H29ClF6N4OS. The van der Waals surface area contributed by atoms with E-state index in [-0.39, 0.29) is 29.5 Å². The van der Waals surface area contributed by atoms with Gasteiger partial charge in [0.15, 0.2) is 0 Å². The Morgan fingerprint density at radius 1 is 0.923 bits per heavy atom. The van der Waals surface area contributed by atoms with Crippen molar-refractivity contribution in [1.29, 1.82) is 0 Å². The van der Waals surface area contributed by atoms with Crippen molar-refractivity contribution in [3.8, 4) is 0 Å². The highest BCUT2D eigenvalue weighted by molar-refractivity contribution is 7.80. The van der Waals surface area contributed by atoms with Gasteiger partial charge in [-0.3, -0.25) is 0 Å². The Labute approximate surface area is 233 Å². The lowest BCUT2D eigenvalue weighted by Crippen LogP contribution is -2.49. The minimum atomic E-state index is -4.52. The van der Waals surface area contributed by atoms with Crippen molar-refractivity contribution in [2.75, 3.05) is 48.7 Å². The topological polar surface area (TPSA) is 53.8 Å². The molecule has 2 fully saturated rings. The van der Waals surface area contributed by atoms with Gasteiger partial charge in [0.2, 0.25) is 0 Å². The van der Waals surface area contributed by atoms with Crippen molar-refractivity contribution in [3.63, 3.8) is 0 Å². The summed E-state index contributed by atoms with van der Waals surface area (Å²) in [5.74, 6) is 0. The summed E-state index contributed by atoms with van der Waals surface area (Å²) in [6.45, 7) is 2.41. The number of nitrogens with zero attached hydrogens (tertiary/aromatic N) is 2. The molecule has 0 radical (unpaired) electrons. The first-order chi connectivity index (χ1) is 18.3. The average molecular weight is 595 g/mol. The van der Waals surface area contributed by atoms with Crippen LogP contribution in [0.4, 0.5) is 43.4 Å². The van der Waals surface area contributed by atoms with Crippen LogP contribution in [0, 0.1) is 0 Å². The lowest BCUT2D eigenvalue weighted by Gasteiger charge is -2.38. The highest BCUT2D eigenvalue weighted by atomic mass is 35.5. The van der Waals surface area contributed by atoms with E-state index in [0.717, 1.165) is 37.8 Å². The molecule has 39 heavy (non-hydrogen) atoms. The number of hydrogen-bond donors (Lipinski definition) is 2. The van der Waals surface area contributed by atoms with Gasteiger partial charge >= 0.3 is 12.4 Å². The molecule has 2 aliphatic rings. The number of alkyl halides is 6. The van der Waals surface area contributed by atoms with Crippen LogP contribution in [0.15, 0.2) is 36.4 Å². The zero-order chi connectivity index (χ0) is 28.4. The lowest BCUT2D eigenvalue weighted by molar-refractivity contribution is -0.138. The first kappa shape index (κ1) is 29.5. The van der Waals surface area contributed by atoms with Gasteiger partial charge in [0.05, 0.1) is 28.9 Å². The Hall–Kier alpha value is -2.44. The molecule has 3 N–H and O–H groups in total. The monoisotopic (exact) mass is 594 g/mol. The second-order valence-electron chi connectivity index (χ2n) is 9.76. The minimum Gasteiger partial charge on any atom is -0.398 e. The molecule has 0 unspecified atom stereocenters. The van der Waals surface area contributed by atoms with Crippen LogP contribution in [0.1, 0.15) is 36.8 Å². The molecule has 0 aromatic heterocycles. The maximum absolute atomic E-state index is 13.2. The number of benzene rings is 2. The molecule has 0 amide bonds. The summed E-state index contributed by atoms with van der Waals surface area (Å²) in [5.41, 5.74) is 4.32. The van der Waals surface area contributed by atoms with Gasteiger partial charge in [0.25, 0.3) is 0 Å². The molecule has 0 atom stereocenters. The standard InChI is InChI=1S/C26H29ClF6N4OS/c27-22-7-4-18(14-20(22)25(28,29)30)36-9-11-37(12-10-36)24(39)15-38-19-5-1-16(2-6-19)35-17-3-8-23(34)21(13-17)26(31,32)33/h3-4,7-8,13-14,16,19,35H,1-2,5-6,9-12,15,34H2. The van der Waals surface area contributed by atoms with Crippen LogP contribution in [0.2, 0.25) is 5.02 Å². The largest absolute Gasteiger partial charge is 0.418 e. The molecule has 214 valence electrons.